The monoisotopic (exact) mass is 403 g/mol. The van der Waals surface area contributed by atoms with E-state index in [-0.39, 0.29) is 5.56 Å². The van der Waals surface area contributed by atoms with Crippen molar-refractivity contribution in [1.82, 2.24) is 4.98 Å². The molecule has 0 aliphatic heterocycles. The second-order valence-electron chi connectivity index (χ2n) is 7.39. The highest BCUT2D eigenvalue weighted by Crippen LogP contribution is 2.35. The Labute approximate surface area is 178 Å². The molecule has 30 heavy (non-hydrogen) atoms. The number of para-hydroxylation sites is 1. The van der Waals surface area contributed by atoms with E-state index in [1.165, 1.54) is 25.7 Å². The van der Waals surface area contributed by atoms with Crippen LogP contribution in [0.4, 0.5) is 0 Å². The van der Waals surface area contributed by atoms with Gasteiger partial charge in [0.25, 0.3) is 0 Å². The third kappa shape index (κ3) is 5.69. The molecule has 0 aliphatic rings. The molecule has 0 amide bonds. The Hall–Kier alpha value is -3.14. The third-order valence-electron chi connectivity index (χ3n) is 5.14. The number of unbranched alkanes of at least 4 members (excludes halogenated alkanes) is 5. The van der Waals surface area contributed by atoms with Crippen LogP contribution in [0.2, 0.25) is 0 Å². The van der Waals surface area contributed by atoms with Crippen LogP contribution in [0.3, 0.4) is 0 Å². The fourth-order valence-corrected chi connectivity index (χ4v) is 3.53. The molecule has 0 aliphatic carbocycles. The van der Waals surface area contributed by atoms with Crippen molar-refractivity contribution >= 4 is 5.97 Å². The summed E-state index contributed by atoms with van der Waals surface area (Å²) in [4.78, 5) is 16.3. The van der Waals surface area contributed by atoms with Gasteiger partial charge in [0, 0.05) is 22.9 Å². The second kappa shape index (κ2) is 11.1. The molecule has 0 radical (unpaired) electrons. The van der Waals surface area contributed by atoms with E-state index in [9.17, 15) is 9.90 Å². The van der Waals surface area contributed by atoms with Gasteiger partial charge in [0.1, 0.15) is 5.75 Å². The number of benzene rings is 2. The summed E-state index contributed by atoms with van der Waals surface area (Å²) in [5, 5.41) is 9.74. The second-order valence-corrected chi connectivity index (χ2v) is 7.39. The van der Waals surface area contributed by atoms with Crippen molar-refractivity contribution < 1.29 is 14.6 Å². The van der Waals surface area contributed by atoms with Gasteiger partial charge in [0.2, 0.25) is 0 Å². The molecule has 1 aromatic heterocycles. The van der Waals surface area contributed by atoms with Gasteiger partial charge in [-0.3, -0.25) is 4.98 Å². The molecule has 0 atom stereocenters. The number of nitrogens with zero attached hydrogens (tertiary/aromatic N) is 1. The van der Waals surface area contributed by atoms with Gasteiger partial charge in [0.15, 0.2) is 0 Å². The predicted molar refractivity (Wildman–Crippen MR) is 121 cm³/mol. The Kier molecular flexibility index (Phi) is 8.02. The largest absolute Gasteiger partial charge is 0.493 e. The minimum Gasteiger partial charge on any atom is -0.493 e. The first kappa shape index (κ1) is 21.6. The lowest BCUT2D eigenvalue weighted by Crippen LogP contribution is -2.03. The number of pyridine rings is 1. The number of ether oxygens (including phenoxy) is 1. The maximum absolute atomic E-state index is 11.9. The Bertz CT molecular complexity index is 954. The Morgan fingerprint density at radius 3 is 2.43 bits per heavy atom. The number of hydrogen-bond acceptors (Lipinski definition) is 3. The molecule has 156 valence electrons. The predicted octanol–water partition coefficient (Wildman–Crippen LogP) is 6.85. The molecule has 4 nitrogen and oxygen atoms in total. The number of carboxylic acid groups (broad SMARTS) is 1. The van der Waals surface area contributed by atoms with Gasteiger partial charge in [-0.1, -0.05) is 69.4 Å². The van der Waals surface area contributed by atoms with Crippen LogP contribution in [0.1, 0.15) is 55.8 Å². The average molecular weight is 404 g/mol. The number of aromatic carboxylic acids is 1. The topological polar surface area (TPSA) is 59.4 Å². The van der Waals surface area contributed by atoms with Gasteiger partial charge in [-0.2, -0.15) is 0 Å². The van der Waals surface area contributed by atoms with Crippen LogP contribution in [0, 0.1) is 0 Å². The van der Waals surface area contributed by atoms with Gasteiger partial charge in [0.05, 0.1) is 17.9 Å². The molecule has 0 unspecified atom stereocenters. The molecule has 3 rings (SSSR count). The number of carbonyl (C=O) groups is 1. The summed E-state index contributed by atoms with van der Waals surface area (Å²) in [6, 6.07) is 18.7. The van der Waals surface area contributed by atoms with Crippen molar-refractivity contribution in [2.24, 2.45) is 0 Å². The fourth-order valence-electron chi connectivity index (χ4n) is 3.53. The molecule has 3 aromatic rings. The van der Waals surface area contributed by atoms with Gasteiger partial charge in [-0.15, -0.1) is 0 Å². The average Bonchev–Trinajstić information content (AvgIpc) is 2.79. The molecule has 0 saturated heterocycles. The van der Waals surface area contributed by atoms with Crippen molar-refractivity contribution in [1.29, 1.82) is 0 Å². The van der Waals surface area contributed by atoms with Crippen molar-refractivity contribution in [3.8, 4) is 28.1 Å². The third-order valence-corrected chi connectivity index (χ3v) is 5.14. The first-order valence-electron chi connectivity index (χ1n) is 10.7. The van der Waals surface area contributed by atoms with E-state index in [1.807, 2.05) is 48.5 Å². The Balaban J connectivity index is 1.83. The SMILES string of the molecule is CCCCCCCCOc1ccccc1-c1cc(-c2ccccn2)ccc1C(=O)O. The van der Waals surface area contributed by atoms with E-state index in [2.05, 4.69) is 11.9 Å². The number of rotatable bonds is 11. The highest BCUT2D eigenvalue weighted by molar-refractivity contribution is 5.98. The van der Waals surface area contributed by atoms with E-state index in [0.29, 0.717) is 17.9 Å². The molecular weight excluding hydrogens is 374 g/mol. The lowest BCUT2D eigenvalue weighted by atomic mass is 9.95. The molecule has 1 heterocycles. The highest BCUT2D eigenvalue weighted by atomic mass is 16.5. The van der Waals surface area contributed by atoms with E-state index in [1.54, 1.807) is 18.3 Å². The zero-order valence-corrected chi connectivity index (χ0v) is 17.5. The quantitative estimate of drug-likeness (QED) is 0.356. The standard InChI is InChI=1S/C26H29NO3/c1-2-3-4-5-6-11-18-30-25-14-8-7-12-21(25)23-19-20(15-16-22(23)26(28)29)24-13-9-10-17-27-24/h7-10,12-17,19H,2-6,11,18H2,1H3,(H,28,29). The normalized spacial score (nSPS) is 10.7. The number of carboxylic acids is 1. The summed E-state index contributed by atoms with van der Waals surface area (Å²) in [6.45, 7) is 2.85. The summed E-state index contributed by atoms with van der Waals surface area (Å²) in [7, 11) is 0. The van der Waals surface area contributed by atoms with Crippen molar-refractivity contribution in [3.63, 3.8) is 0 Å². The maximum atomic E-state index is 11.9. The lowest BCUT2D eigenvalue weighted by molar-refractivity contribution is 0.0697. The number of aromatic nitrogens is 1. The van der Waals surface area contributed by atoms with Crippen molar-refractivity contribution in [3.05, 3.63) is 72.4 Å². The van der Waals surface area contributed by atoms with Crippen LogP contribution in [0.5, 0.6) is 5.75 Å². The zero-order chi connectivity index (χ0) is 21.2. The minimum atomic E-state index is -0.955. The van der Waals surface area contributed by atoms with Gasteiger partial charge in [-0.05, 0) is 36.8 Å². The Morgan fingerprint density at radius 2 is 1.67 bits per heavy atom. The molecule has 0 spiro atoms. The molecule has 0 saturated carbocycles. The zero-order valence-electron chi connectivity index (χ0n) is 17.5. The van der Waals surface area contributed by atoms with Crippen LogP contribution >= 0.6 is 0 Å². The maximum Gasteiger partial charge on any atom is 0.336 e. The molecule has 1 N–H and O–H groups in total. The van der Waals surface area contributed by atoms with Crippen LogP contribution in [-0.2, 0) is 0 Å². The molecule has 2 aromatic carbocycles. The Morgan fingerprint density at radius 1 is 0.900 bits per heavy atom. The van der Waals surface area contributed by atoms with Gasteiger partial charge < -0.3 is 9.84 Å². The fraction of sp³-hybridized carbons (Fsp3) is 0.308. The molecule has 0 fully saturated rings. The smallest absolute Gasteiger partial charge is 0.336 e. The minimum absolute atomic E-state index is 0.255. The van der Waals surface area contributed by atoms with E-state index < -0.39 is 5.97 Å². The van der Waals surface area contributed by atoms with Crippen molar-refractivity contribution in [2.45, 2.75) is 45.4 Å². The lowest BCUT2D eigenvalue weighted by Gasteiger charge is -2.14. The summed E-state index contributed by atoms with van der Waals surface area (Å²) >= 11 is 0. The summed E-state index contributed by atoms with van der Waals surface area (Å²) in [5.74, 6) is -0.241. The van der Waals surface area contributed by atoms with Crippen LogP contribution < -0.4 is 4.74 Å². The first-order valence-corrected chi connectivity index (χ1v) is 10.7. The summed E-state index contributed by atoms with van der Waals surface area (Å²) in [6.07, 6.45) is 8.91. The summed E-state index contributed by atoms with van der Waals surface area (Å²) < 4.78 is 6.07. The van der Waals surface area contributed by atoms with Crippen LogP contribution in [-0.4, -0.2) is 22.7 Å². The van der Waals surface area contributed by atoms with Crippen molar-refractivity contribution in [2.75, 3.05) is 6.61 Å². The first-order chi connectivity index (χ1) is 14.7. The molecule has 4 heteroatoms. The summed E-state index contributed by atoms with van der Waals surface area (Å²) in [5.41, 5.74) is 3.37. The van der Waals surface area contributed by atoms with Gasteiger partial charge in [-0.25, -0.2) is 4.79 Å². The number of hydrogen-bond donors (Lipinski definition) is 1. The van der Waals surface area contributed by atoms with E-state index >= 15 is 0 Å². The van der Waals surface area contributed by atoms with Crippen LogP contribution in [0.15, 0.2) is 66.9 Å². The van der Waals surface area contributed by atoms with E-state index in [0.717, 1.165) is 29.7 Å². The van der Waals surface area contributed by atoms with E-state index in [4.69, 9.17) is 4.74 Å². The molecular formula is C26H29NO3. The van der Waals surface area contributed by atoms with Gasteiger partial charge >= 0.3 is 5.97 Å². The molecule has 0 bridgehead atoms. The van der Waals surface area contributed by atoms with Crippen LogP contribution in [0.25, 0.3) is 22.4 Å². The highest BCUT2D eigenvalue weighted by Gasteiger charge is 2.16.